The lowest BCUT2D eigenvalue weighted by molar-refractivity contribution is -0.152. The van der Waals surface area contributed by atoms with Gasteiger partial charge >= 0.3 is 11.9 Å². The Labute approximate surface area is 233 Å². The molecule has 0 aromatic rings. The van der Waals surface area contributed by atoms with Gasteiger partial charge in [0.05, 0.1) is 13.2 Å². The van der Waals surface area contributed by atoms with Crippen molar-refractivity contribution in [3.8, 4) is 0 Å². The summed E-state index contributed by atoms with van der Waals surface area (Å²) in [5, 5.41) is 53.3. The maximum Gasteiger partial charge on any atom is 0.334 e. The Balaban J connectivity index is 0. The zero-order chi connectivity index (χ0) is 31.4. The van der Waals surface area contributed by atoms with Crippen LogP contribution < -0.4 is 0 Å². The molecule has 2 rings (SSSR count). The van der Waals surface area contributed by atoms with Crippen molar-refractivity contribution in [3.05, 3.63) is 0 Å². The summed E-state index contributed by atoms with van der Waals surface area (Å²) in [5.41, 5.74) is 0. The number of ketones is 4. The van der Waals surface area contributed by atoms with E-state index in [2.05, 4.69) is 9.47 Å². The zero-order valence-electron chi connectivity index (χ0n) is 23.5. The van der Waals surface area contributed by atoms with Crippen molar-refractivity contribution in [1.82, 2.24) is 0 Å². The van der Waals surface area contributed by atoms with E-state index in [9.17, 15) is 28.8 Å². The predicted octanol–water partition coefficient (Wildman–Crippen LogP) is -1.30. The molecule has 0 aromatic heterocycles. The molecule has 2 saturated heterocycles. The molecule has 0 bridgehead atoms. The summed E-state index contributed by atoms with van der Waals surface area (Å²) in [7, 11) is 0. The van der Waals surface area contributed by atoms with E-state index in [4.69, 9.17) is 30.6 Å². The molecule has 0 radical (unpaired) electrons. The third kappa shape index (κ3) is 17.9. The SMILES string of the molecule is CC(=O)C(O)C(O)C(C)=O.CCCC(=O)C(O)C(O)C(C)=O.O=C1OCCCCC1O.O=C1OCCCCC1O. The van der Waals surface area contributed by atoms with Crippen LogP contribution in [0.1, 0.15) is 79.1 Å². The molecule has 2 heterocycles. The predicted molar refractivity (Wildman–Crippen MR) is 138 cm³/mol. The van der Waals surface area contributed by atoms with E-state index in [0.29, 0.717) is 32.5 Å². The molecule has 0 amide bonds. The molecule has 232 valence electrons. The van der Waals surface area contributed by atoms with Gasteiger partial charge in [-0.3, -0.25) is 19.2 Å². The van der Waals surface area contributed by atoms with E-state index in [0.717, 1.165) is 46.5 Å². The molecular weight excluding hydrogens is 536 g/mol. The van der Waals surface area contributed by atoms with Crippen LogP contribution in [0.4, 0.5) is 0 Å². The van der Waals surface area contributed by atoms with E-state index in [1.165, 1.54) is 0 Å². The smallest absolute Gasteiger partial charge is 0.334 e. The molecule has 0 aliphatic carbocycles. The second-order valence-corrected chi connectivity index (χ2v) is 9.19. The molecule has 2 fully saturated rings. The van der Waals surface area contributed by atoms with Crippen LogP contribution in [0.2, 0.25) is 0 Å². The molecule has 14 heteroatoms. The number of Topliss-reactive ketones (excluding diaryl/α,β-unsaturated/α-hetero) is 4. The van der Waals surface area contributed by atoms with E-state index < -0.39 is 71.7 Å². The van der Waals surface area contributed by atoms with Crippen molar-refractivity contribution >= 4 is 35.1 Å². The number of carbonyl (C=O) groups excluding carboxylic acids is 6. The molecule has 2 aliphatic heterocycles. The Kier molecular flexibility index (Phi) is 21.8. The van der Waals surface area contributed by atoms with Gasteiger partial charge in [-0.1, -0.05) is 6.92 Å². The number of hydrogen-bond donors (Lipinski definition) is 6. The van der Waals surface area contributed by atoms with Crippen LogP contribution in [-0.2, 0) is 38.2 Å². The molecule has 0 spiro atoms. The molecule has 14 nitrogen and oxygen atoms in total. The van der Waals surface area contributed by atoms with Gasteiger partial charge in [0, 0.05) is 6.42 Å². The van der Waals surface area contributed by atoms with Crippen LogP contribution in [0.3, 0.4) is 0 Å². The highest BCUT2D eigenvalue weighted by Gasteiger charge is 2.26. The quantitative estimate of drug-likeness (QED) is 0.183. The van der Waals surface area contributed by atoms with Crippen molar-refractivity contribution in [1.29, 1.82) is 0 Å². The highest BCUT2D eigenvalue weighted by molar-refractivity contribution is 5.91. The number of rotatable bonds is 8. The Bertz CT molecular complexity index is 765. The summed E-state index contributed by atoms with van der Waals surface area (Å²) in [6.45, 7) is 6.07. The molecule has 0 aromatic carbocycles. The molecule has 6 N–H and O–H groups in total. The molecular formula is C26H44O14. The lowest BCUT2D eigenvalue weighted by atomic mass is 10.0. The third-order valence-corrected chi connectivity index (χ3v) is 5.45. The first kappa shape index (κ1) is 39.5. The van der Waals surface area contributed by atoms with E-state index in [-0.39, 0.29) is 6.42 Å². The van der Waals surface area contributed by atoms with Gasteiger partial charge in [-0.15, -0.1) is 0 Å². The van der Waals surface area contributed by atoms with Crippen LogP contribution >= 0.6 is 0 Å². The van der Waals surface area contributed by atoms with Crippen LogP contribution in [0.25, 0.3) is 0 Å². The Morgan fingerprint density at radius 2 is 1.00 bits per heavy atom. The average Bonchev–Trinajstić information content (AvgIpc) is 3.21. The van der Waals surface area contributed by atoms with E-state index in [1.54, 1.807) is 6.92 Å². The minimum Gasteiger partial charge on any atom is -0.464 e. The van der Waals surface area contributed by atoms with Crippen LogP contribution in [0.5, 0.6) is 0 Å². The third-order valence-electron chi connectivity index (χ3n) is 5.45. The standard InChI is InChI=1S/C8H14O4.C6H10O4.2C6H10O3/c1-3-4-6(10)8(12)7(11)5(2)9;1-3(7)5(9)6(10)4(2)8;2*7-5-3-1-2-4-9-6(5)8/h7-8,11-12H,3-4H2,1-2H3;5-6,9-10H,1-2H3;2*5,7H,1-4H2. The summed E-state index contributed by atoms with van der Waals surface area (Å²) in [4.78, 5) is 63.2. The first-order chi connectivity index (χ1) is 18.6. The highest BCUT2D eigenvalue weighted by atomic mass is 16.6. The lowest BCUT2D eigenvalue weighted by Gasteiger charge is -2.12. The number of aliphatic hydroxyl groups excluding tert-OH is 6. The summed E-state index contributed by atoms with van der Waals surface area (Å²) in [6.07, 6.45) is -2.59. The number of esters is 2. The Morgan fingerprint density at radius 1 is 0.675 bits per heavy atom. The maximum atomic E-state index is 10.9. The minimum atomic E-state index is -1.57. The van der Waals surface area contributed by atoms with Crippen LogP contribution in [-0.4, -0.2) is 116 Å². The molecule has 0 saturated carbocycles. The largest absolute Gasteiger partial charge is 0.464 e. The van der Waals surface area contributed by atoms with E-state index >= 15 is 0 Å². The fourth-order valence-electron chi connectivity index (χ4n) is 2.89. The Hall–Kier alpha value is -2.62. The summed E-state index contributed by atoms with van der Waals surface area (Å²) < 4.78 is 9.25. The number of hydrogen-bond acceptors (Lipinski definition) is 14. The number of carbonyl (C=O) groups is 6. The summed E-state index contributed by atoms with van der Waals surface area (Å²) in [6, 6.07) is 0. The van der Waals surface area contributed by atoms with Gasteiger partial charge in [0.1, 0.15) is 24.4 Å². The number of aliphatic hydroxyl groups is 6. The minimum absolute atomic E-state index is 0.186. The van der Waals surface area contributed by atoms with Gasteiger partial charge in [0.2, 0.25) is 0 Å². The normalized spacial score (nSPS) is 21.6. The van der Waals surface area contributed by atoms with Crippen molar-refractivity contribution in [3.63, 3.8) is 0 Å². The summed E-state index contributed by atoms with van der Waals surface area (Å²) >= 11 is 0. The average molecular weight is 581 g/mol. The fourth-order valence-corrected chi connectivity index (χ4v) is 2.89. The first-order valence-electron chi connectivity index (χ1n) is 13.0. The first-order valence-corrected chi connectivity index (χ1v) is 13.0. The second kappa shape index (κ2) is 22.1. The van der Waals surface area contributed by atoms with Crippen LogP contribution in [0.15, 0.2) is 0 Å². The molecule has 6 atom stereocenters. The zero-order valence-corrected chi connectivity index (χ0v) is 23.5. The molecule has 2 aliphatic rings. The van der Waals surface area contributed by atoms with Gasteiger partial charge in [-0.2, -0.15) is 0 Å². The van der Waals surface area contributed by atoms with Gasteiger partial charge in [0.25, 0.3) is 0 Å². The molecule has 40 heavy (non-hydrogen) atoms. The second-order valence-electron chi connectivity index (χ2n) is 9.19. The topological polar surface area (TPSA) is 242 Å². The van der Waals surface area contributed by atoms with Gasteiger partial charge < -0.3 is 40.1 Å². The van der Waals surface area contributed by atoms with Gasteiger partial charge in [-0.25, -0.2) is 9.59 Å². The van der Waals surface area contributed by atoms with Gasteiger partial charge in [-0.05, 0) is 65.7 Å². The maximum absolute atomic E-state index is 10.9. The highest BCUT2D eigenvalue weighted by Crippen LogP contribution is 2.08. The van der Waals surface area contributed by atoms with E-state index in [1.807, 2.05) is 0 Å². The van der Waals surface area contributed by atoms with Crippen LogP contribution in [0, 0.1) is 0 Å². The van der Waals surface area contributed by atoms with Crippen molar-refractivity contribution in [2.45, 2.75) is 116 Å². The Morgan fingerprint density at radius 3 is 1.30 bits per heavy atom. The van der Waals surface area contributed by atoms with Gasteiger partial charge in [0.15, 0.2) is 35.3 Å². The summed E-state index contributed by atoms with van der Waals surface area (Å²) in [5.74, 6) is -3.22. The fraction of sp³-hybridized carbons (Fsp3) is 0.769. The monoisotopic (exact) mass is 580 g/mol. The lowest BCUT2D eigenvalue weighted by Crippen LogP contribution is -2.38. The van der Waals surface area contributed by atoms with Crippen molar-refractivity contribution in [2.75, 3.05) is 13.2 Å². The number of ether oxygens (including phenoxy) is 2. The van der Waals surface area contributed by atoms with Crippen molar-refractivity contribution < 1.29 is 68.9 Å². The van der Waals surface area contributed by atoms with Crippen molar-refractivity contribution in [2.24, 2.45) is 0 Å². The number of cyclic esters (lactones) is 2. The molecule has 6 unspecified atom stereocenters.